The van der Waals surface area contributed by atoms with Crippen LogP contribution in [0.3, 0.4) is 0 Å². The number of para-hydroxylation sites is 1. The van der Waals surface area contributed by atoms with E-state index < -0.39 is 0 Å². The second-order valence-electron chi connectivity index (χ2n) is 7.53. The lowest BCUT2D eigenvalue weighted by Crippen LogP contribution is -2.44. The van der Waals surface area contributed by atoms with Crippen molar-refractivity contribution in [2.24, 2.45) is 0 Å². The summed E-state index contributed by atoms with van der Waals surface area (Å²) in [7, 11) is 0. The Morgan fingerprint density at radius 3 is 2.85 bits per heavy atom. The van der Waals surface area contributed by atoms with Crippen LogP contribution < -0.4 is 4.74 Å². The van der Waals surface area contributed by atoms with Crippen molar-refractivity contribution in [1.82, 2.24) is 9.80 Å². The quantitative estimate of drug-likeness (QED) is 0.781. The number of nitrogens with zero attached hydrogens (tertiary/aromatic N) is 2. The predicted octanol–water partition coefficient (Wildman–Crippen LogP) is 2.72. The average Bonchev–Trinajstić information content (AvgIpc) is 2.99. The molecule has 0 saturated carbocycles. The predicted molar refractivity (Wildman–Crippen MR) is 99.0 cm³/mol. The molecule has 4 rings (SSSR count). The van der Waals surface area contributed by atoms with Gasteiger partial charge in [0.1, 0.15) is 5.75 Å². The smallest absolute Gasteiger partial charge is 0.226 e. The standard InChI is InChI=1S/C21H26N2O3/c1-2-5-20(24)22-10-8-16-13-17(22)14-23(16)21(25)12-15-9-11-26-19-7-4-3-6-18(15)19/h2-4,6-7,15-17H,1,5,8-14H2. The van der Waals surface area contributed by atoms with Crippen molar-refractivity contribution in [3.05, 3.63) is 42.5 Å². The fourth-order valence-electron chi connectivity index (χ4n) is 4.69. The first-order valence-corrected chi connectivity index (χ1v) is 9.59. The van der Waals surface area contributed by atoms with Crippen molar-refractivity contribution in [1.29, 1.82) is 0 Å². The Balaban J connectivity index is 1.43. The number of ether oxygens (including phenoxy) is 1. The van der Waals surface area contributed by atoms with E-state index in [0.717, 1.165) is 37.1 Å². The van der Waals surface area contributed by atoms with Gasteiger partial charge in [-0.3, -0.25) is 9.59 Å². The fraction of sp³-hybridized carbons (Fsp3) is 0.524. The molecule has 0 radical (unpaired) electrons. The molecule has 2 amide bonds. The number of hydrogen-bond donors (Lipinski definition) is 0. The summed E-state index contributed by atoms with van der Waals surface area (Å²) in [5, 5.41) is 0. The zero-order valence-electron chi connectivity index (χ0n) is 15.1. The summed E-state index contributed by atoms with van der Waals surface area (Å²) >= 11 is 0. The molecule has 3 aliphatic rings. The zero-order valence-corrected chi connectivity index (χ0v) is 15.1. The summed E-state index contributed by atoms with van der Waals surface area (Å²) < 4.78 is 5.72. The number of rotatable bonds is 4. The molecule has 0 N–H and O–H groups in total. The lowest BCUT2D eigenvalue weighted by Gasteiger charge is -2.32. The lowest BCUT2D eigenvalue weighted by atomic mass is 9.89. The van der Waals surface area contributed by atoms with Crippen molar-refractivity contribution in [3.63, 3.8) is 0 Å². The van der Waals surface area contributed by atoms with Gasteiger partial charge in [-0.2, -0.15) is 0 Å². The molecule has 1 aromatic carbocycles. The van der Waals surface area contributed by atoms with E-state index in [9.17, 15) is 9.59 Å². The molecule has 0 spiro atoms. The average molecular weight is 354 g/mol. The second kappa shape index (κ2) is 7.14. The van der Waals surface area contributed by atoms with Crippen LogP contribution >= 0.6 is 0 Å². The van der Waals surface area contributed by atoms with E-state index in [-0.39, 0.29) is 29.8 Å². The molecule has 26 heavy (non-hydrogen) atoms. The molecule has 1 aromatic rings. The molecule has 3 atom stereocenters. The number of carbonyl (C=O) groups is 2. The fourth-order valence-corrected chi connectivity index (χ4v) is 4.69. The van der Waals surface area contributed by atoms with Crippen LogP contribution in [0.25, 0.3) is 0 Å². The third-order valence-corrected chi connectivity index (χ3v) is 6.00. The summed E-state index contributed by atoms with van der Waals surface area (Å²) in [5.74, 6) is 1.50. The van der Waals surface area contributed by atoms with Crippen LogP contribution in [0.4, 0.5) is 0 Å². The van der Waals surface area contributed by atoms with Crippen LogP contribution in [0.5, 0.6) is 5.75 Å². The molecule has 5 nitrogen and oxygen atoms in total. The van der Waals surface area contributed by atoms with Crippen LogP contribution in [0, 0.1) is 0 Å². The maximum absolute atomic E-state index is 13.0. The van der Waals surface area contributed by atoms with Crippen LogP contribution in [0.1, 0.15) is 43.6 Å². The number of carbonyl (C=O) groups excluding carboxylic acids is 2. The molecular weight excluding hydrogens is 328 g/mol. The van der Waals surface area contributed by atoms with Gasteiger partial charge in [-0.1, -0.05) is 24.3 Å². The van der Waals surface area contributed by atoms with Gasteiger partial charge < -0.3 is 14.5 Å². The highest BCUT2D eigenvalue weighted by atomic mass is 16.5. The van der Waals surface area contributed by atoms with Gasteiger partial charge in [-0.05, 0) is 36.8 Å². The maximum Gasteiger partial charge on any atom is 0.226 e. The molecule has 2 fully saturated rings. The second-order valence-corrected chi connectivity index (χ2v) is 7.53. The van der Waals surface area contributed by atoms with Crippen molar-refractivity contribution >= 4 is 11.8 Å². The molecule has 0 aromatic heterocycles. The molecule has 2 saturated heterocycles. The minimum Gasteiger partial charge on any atom is -0.493 e. The van der Waals surface area contributed by atoms with E-state index in [2.05, 4.69) is 12.6 Å². The molecule has 3 unspecified atom stereocenters. The summed E-state index contributed by atoms with van der Waals surface area (Å²) in [5.41, 5.74) is 1.15. The highest BCUT2D eigenvalue weighted by Crippen LogP contribution is 2.37. The van der Waals surface area contributed by atoms with Crippen LogP contribution in [0.2, 0.25) is 0 Å². The van der Waals surface area contributed by atoms with Gasteiger partial charge in [0.25, 0.3) is 0 Å². The Labute approximate surface area is 154 Å². The van der Waals surface area contributed by atoms with Crippen molar-refractivity contribution in [3.8, 4) is 5.75 Å². The molecule has 5 heteroatoms. The Morgan fingerprint density at radius 1 is 1.15 bits per heavy atom. The first-order valence-electron chi connectivity index (χ1n) is 9.59. The van der Waals surface area contributed by atoms with E-state index in [0.29, 0.717) is 26.0 Å². The number of piperidine rings is 1. The van der Waals surface area contributed by atoms with E-state index in [1.165, 1.54) is 0 Å². The van der Waals surface area contributed by atoms with E-state index >= 15 is 0 Å². The Bertz CT molecular complexity index is 717. The van der Waals surface area contributed by atoms with E-state index in [1.54, 1.807) is 6.08 Å². The van der Waals surface area contributed by atoms with Gasteiger partial charge in [0.15, 0.2) is 0 Å². The summed E-state index contributed by atoms with van der Waals surface area (Å²) in [6, 6.07) is 8.50. The molecule has 0 aliphatic carbocycles. The van der Waals surface area contributed by atoms with Gasteiger partial charge in [-0.25, -0.2) is 0 Å². The minimum atomic E-state index is 0.135. The third kappa shape index (κ3) is 3.11. The van der Waals surface area contributed by atoms with Crippen LogP contribution in [-0.2, 0) is 9.59 Å². The topological polar surface area (TPSA) is 49.9 Å². The minimum absolute atomic E-state index is 0.135. The van der Waals surface area contributed by atoms with Gasteiger partial charge in [0.2, 0.25) is 11.8 Å². The van der Waals surface area contributed by atoms with Crippen molar-refractivity contribution in [2.45, 2.75) is 50.1 Å². The monoisotopic (exact) mass is 354 g/mol. The number of hydrogen-bond acceptors (Lipinski definition) is 3. The van der Waals surface area contributed by atoms with Crippen molar-refractivity contribution in [2.75, 3.05) is 19.7 Å². The number of likely N-dealkylation sites (tertiary alicyclic amines) is 2. The summed E-state index contributed by atoms with van der Waals surface area (Å²) in [6.45, 7) is 5.77. The number of fused-ring (bicyclic) bond motifs is 3. The first kappa shape index (κ1) is 17.1. The van der Waals surface area contributed by atoms with Crippen LogP contribution in [0.15, 0.2) is 36.9 Å². The molecule has 2 bridgehead atoms. The van der Waals surface area contributed by atoms with Crippen molar-refractivity contribution < 1.29 is 14.3 Å². The third-order valence-electron chi connectivity index (χ3n) is 6.00. The lowest BCUT2D eigenvalue weighted by molar-refractivity contribution is -0.133. The zero-order chi connectivity index (χ0) is 18.1. The Hall–Kier alpha value is -2.30. The summed E-state index contributed by atoms with van der Waals surface area (Å²) in [4.78, 5) is 29.3. The van der Waals surface area contributed by atoms with Gasteiger partial charge in [0.05, 0.1) is 12.6 Å². The molecule has 3 heterocycles. The number of amides is 2. The van der Waals surface area contributed by atoms with Gasteiger partial charge in [0, 0.05) is 32.0 Å². The first-order chi connectivity index (χ1) is 12.7. The van der Waals surface area contributed by atoms with E-state index in [1.807, 2.05) is 28.0 Å². The Kier molecular flexibility index (Phi) is 4.70. The maximum atomic E-state index is 13.0. The number of benzene rings is 1. The van der Waals surface area contributed by atoms with Crippen LogP contribution in [-0.4, -0.2) is 53.4 Å². The SMILES string of the molecule is C=CCC(=O)N1CCC2CC1CN2C(=O)CC1CCOc2ccccc21. The molecule has 138 valence electrons. The highest BCUT2D eigenvalue weighted by Gasteiger charge is 2.43. The summed E-state index contributed by atoms with van der Waals surface area (Å²) in [6.07, 6.45) is 5.26. The molecular formula is C21H26N2O3. The largest absolute Gasteiger partial charge is 0.493 e. The highest BCUT2D eigenvalue weighted by molar-refractivity contribution is 5.80. The van der Waals surface area contributed by atoms with E-state index in [4.69, 9.17) is 4.74 Å². The molecule has 3 aliphatic heterocycles. The van der Waals surface area contributed by atoms with Gasteiger partial charge >= 0.3 is 0 Å². The normalized spacial score (nSPS) is 26.8. The van der Waals surface area contributed by atoms with Gasteiger partial charge in [-0.15, -0.1) is 6.58 Å². The Morgan fingerprint density at radius 2 is 2.00 bits per heavy atom.